The number of aliphatic hydroxyl groups excluding tert-OH is 1. The molecule has 2 heterocycles. The Kier molecular flexibility index (Phi) is 25.4. The number of nitrogens with zero attached hydrogens (tertiary/aromatic N) is 3. The Morgan fingerprint density at radius 1 is 0.667 bits per heavy atom. The zero-order valence-electron chi connectivity index (χ0n) is 45.3. The Labute approximate surface area is 441 Å². The number of aliphatic imine (C=N–C) groups is 1. The van der Waals surface area contributed by atoms with E-state index in [0.29, 0.717) is 25.7 Å². The average molecular weight is 1060 g/mol. The molecule has 420 valence electrons. The van der Waals surface area contributed by atoms with Crippen LogP contribution in [-0.4, -0.2) is 159 Å². The maximum absolute atomic E-state index is 14.4. The van der Waals surface area contributed by atoms with Crippen LogP contribution in [0.4, 0.5) is 0 Å². The first-order valence-corrected chi connectivity index (χ1v) is 26.5. The molecule has 0 spiro atoms. The molecule has 23 nitrogen and oxygen atoms in total. The number of aliphatic hydroxyl groups is 1. The van der Waals surface area contributed by atoms with Crippen LogP contribution >= 0.6 is 0 Å². The molecule has 1 aromatic rings. The number of amides is 8. The van der Waals surface area contributed by atoms with Gasteiger partial charge in [-0.15, -0.1) is 0 Å². The van der Waals surface area contributed by atoms with Crippen LogP contribution in [0.3, 0.4) is 0 Å². The van der Waals surface area contributed by atoms with Crippen molar-refractivity contribution >= 4 is 59.2 Å². The maximum atomic E-state index is 14.4. The van der Waals surface area contributed by atoms with Crippen LogP contribution in [0.2, 0.25) is 0 Å². The number of carboxylic acids is 1. The van der Waals surface area contributed by atoms with Crippen LogP contribution in [0.1, 0.15) is 126 Å². The summed E-state index contributed by atoms with van der Waals surface area (Å²) in [4.78, 5) is 131. The molecule has 11 atom stereocenters. The third-order valence-electron chi connectivity index (χ3n) is 13.6. The van der Waals surface area contributed by atoms with E-state index in [0.717, 1.165) is 5.56 Å². The number of nitrogens with one attached hydrogen (secondary N) is 6. The Morgan fingerprint density at radius 3 is 1.71 bits per heavy atom. The molecule has 0 aliphatic carbocycles. The minimum atomic E-state index is -1.57. The van der Waals surface area contributed by atoms with Crippen molar-refractivity contribution in [3.05, 3.63) is 35.9 Å². The smallest absolute Gasteiger partial charge is 0.326 e. The third kappa shape index (κ3) is 19.4. The summed E-state index contributed by atoms with van der Waals surface area (Å²) in [7, 11) is 0. The molecule has 2 fully saturated rings. The number of guanidine groups is 1. The molecular weight excluding hydrogens is 969 g/mol. The van der Waals surface area contributed by atoms with Gasteiger partial charge < -0.3 is 69.1 Å². The number of aliphatic carboxylic acids is 1. The highest BCUT2D eigenvalue weighted by Crippen LogP contribution is 2.27. The average Bonchev–Trinajstić information content (AvgIpc) is 4.05. The fourth-order valence-corrected chi connectivity index (χ4v) is 9.27. The van der Waals surface area contributed by atoms with E-state index in [4.69, 9.17) is 17.2 Å². The molecule has 14 N–H and O–H groups in total. The summed E-state index contributed by atoms with van der Waals surface area (Å²) in [6.07, 6.45) is 1.06. The predicted octanol–water partition coefficient (Wildman–Crippen LogP) is -0.240. The Balaban J connectivity index is 1.84. The van der Waals surface area contributed by atoms with Crippen molar-refractivity contribution in [2.24, 2.45) is 45.9 Å². The Hall–Kier alpha value is -6.36. The fourth-order valence-electron chi connectivity index (χ4n) is 9.27. The first-order valence-electron chi connectivity index (χ1n) is 26.5. The lowest BCUT2D eigenvalue weighted by Gasteiger charge is -2.34. The van der Waals surface area contributed by atoms with E-state index in [9.17, 15) is 53.4 Å². The molecule has 2 aliphatic rings. The molecule has 23 heteroatoms. The van der Waals surface area contributed by atoms with E-state index in [2.05, 4.69) is 36.9 Å². The van der Waals surface area contributed by atoms with Gasteiger partial charge in [0.05, 0.1) is 12.1 Å². The summed E-state index contributed by atoms with van der Waals surface area (Å²) >= 11 is 0. The van der Waals surface area contributed by atoms with Crippen molar-refractivity contribution in [1.29, 1.82) is 0 Å². The van der Waals surface area contributed by atoms with Gasteiger partial charge in [0.1, 0.15) is 48.3 Å². The second-order valence-electron chi connectivity index (χ2n) is 21.2. The first-order chi connectivity index (χ1) is 35.3. The lowest BCUT2D eigenvalue weighted by atomic mass is 9.95. The van der Waals surface area contributed by atoms with Crippen molar-refractivity contribution in [2.75, 3.05) is 19.6 Å². The summed E-state index contributed by atoms with van der Waals surface area (Å²) in [6, 6.07) is -1.35. The number of hydrogen-bond donors (Lipinski definition) is 11. The van der Waals surface area contributed by atoms with E-state index in [1.165, 1.54) is 16.7 Å². The van der Waals surface area contributed by atoms with Gasteiger partial charge in [-0.3, -0.25) is 43.3 Å². The maximum Gasteiger partial charge on any atom is 0.326 e. The number of carboxylic acid groups (broad SMARTS) is 1. The minimum absolute atomic E-state index is 0.0204. The molecule has 2 aliphatic heterocycles. The van der Waals surface area contributed by atoms with Gasteiger partial charge in [-0.2, -0.15) is 0 Å². The number of nitrogens with two attached hydrogens (primary N) is 3. The molecule has 0 saturated carbocycles. The van der Waals surface area contributed by atoms with Gasteiger partial charge in [0.2, 0.25) is 47.3 Å². The van der Waals surface area contributed by atoms with E-state index >= 15 is 0 Å². The lowest BCUT2D eigenvalue weighted by molar-refractivity contribution is -0.150. The van der Waals surface area contributed by atoms with Gasteiger partial charge in [-0.05, 0) is 93.9 Å². The van der Waals surface area contributed by atoms with Crippen LogP contribution in [0.25, 0.3) is 0 Å². The second kappa shape index (κ2) is 30.3. The molecule has 3 rings (SSSR count). The number of hydrogen-bond acceptors (Lipinski definition) is 12. The zero-order chi connectivity index (χ0) is 56.3. The Morgan fingerprint density at radius 2 is 1.19 bits per heavy atom. The van der Waals surface area contributed by atoms with Crippen molar-refractivity contribution < 1.29 is 53.4 Å². The Bertz CT molecular complexity index is 2140. The van der Waals surface area contributed by atoms with Crippen LogP contribution in [0.15, 0.2) is 35.3 Å². The van der Waals surface area contributed by atoms with E-state index in [1.54, 1.807) is 34.6 Å². The third-order valence-corrected chi connectivity index (χ3v) is 13.6. The van der Waals surface area contributed by atoms with Crippen LogP contribution < -0.4 is 49.1 Å². The minimum Gasteiger partial charge on any atom is -0.480 e. The summed E-state index contributed by atoms with van der Waals surface area (Å²) in [5.41, 5.74) is 18.2. The quantitative estimate of drug-likeness (QED) is 0.0281. The molecule has 0 radical (unpaired) electrons. The van der Waals surface area contributed by atoms with E-state index in [1.807, 2.05) is 51.1 Å². The highest BCUT2D eigenvalue weighted by molar-refractivity contribution is 5.98. The normalized spacial score (nSPS) is 19.1. The SMILES string of the molecule is CC[C@H](C)[C@H](NC(=O)[C@H](CC(C)C)NC(=O)[C@@H](N)Cc1ccccc1)C(=O)N[C@@H](CCCN=C(N)N)C(=O)N[C@@H](CC(C)C)C(=O)N[C@H](C(=O)N1CCC[C@H]1C(=O)N1CCC[C@H]1C(=O)N[C@H](C(=O)O)C(C)C)[C@@H](C)O. The van der Waals surface area contributed by atoms with Crippen LogP contribution in [-0.2, 0) is 49.6 Å². The second-order valence-corrected chi connectivity index (χ2v) is 21.2. The van der Waals surface area contributed by atoms with Crippen LogP contribution in [0, 0.1) is 23.7 Å². The van der Waals surface area contributed by atoms with Gasteiger partial charge in [-0.25, -0.2) is 4.79 Å². The summed E-state index contributed by atoms with van der Waals surface area (Å²) in [6.45, 7) is 16.0. The van der Waals surface area contributed by atoms with Crippen molar-refractivity contribution in [3.63, 3.8) is 0 Å². The molecule has 0 aromatic heterocycles. The van der Waals surface area contributed by atoms with Crippen molar-refractivity contribution in [2.45, 2.75) is 187 Å². The standard InChI is InChI=1S/C52H86N12O11/c1-10-31(8)41(61-45(68)36(25-28(2)3)58-43(66)34(53)27-33-17-12-11-13-18-33)48(71)57-35(19-14-22-56-52(54)55)44(67)59-37(26-29(4)5)46(69)62-42(32(9)65)50(73)64-24-16-21-39(64)49(72)63-23-15-20-38(63)47(70)60-40(30(6)7)51(74)75/h11-13,17-18,28-32,34-42,65H,10,14-16,19-27,53H2,1-9H3,(H,57,71)(H,58,66)(H,59,67)(H,60,70)(H,61,68)(H,62,69)(H,74,75)(H4,54,55,56)/t31-,32+,34-,35-,36-,37-,38-,39-,40-,41-,42-/m0/s1. The first kappa shape index (κ1) is 62.9. The molecular formula is C52H86N12O11. The molecule has 1 aromatic carbocycles. The van der Waals surface area contributed by atoms with Gasteiger partial charge >= 0.3 is 5.97 Å². The largest absolute Gasteiger partial charge is 0.480 e. The lowest BCUT2D eigenvalue weighted by Crippen LogP contribution is -2.62. The topological polar surface area (TPSA) is 363 Å². The van der Waals surface area contributed by atoms with Gasteiger partial charge in [0.15, 0.2) is 5.96 Å². The zero-order valence-corrected chi connectivity index (χ0v) is 45.3. The van der Waals surface area contributed by atoms with Crippen molar-refractivity contribution in [3.8, 4) is 0 Å². The van der Waals surface area contributed by atoms with Crippen molar-refractivity contribution in [1.82, 2.24) is 41.7 Å². The number of rotatable bonds is 29. The number of carbonyl (C=O) groups is 9. The fraction of sp³-hybridized carbons (Fsp3) is 0.692. The molecule has 0 unspecified atom stereocenters. The van der Waals surface area contributed by atoms with Gasteiger partial charge in [0, 0.05) is 19.6 Å². The molecule has 0 bridgehead atoms. The number of benzene rings is 1. The van der Waals surface area contributed by atoms with Gasteiger partial charge in [0.25, 0.3) is 0 Å². The summed E-state index contributed by atoms with van der Waals surface area (Å²) in [5.74, 6) is -7.92. The molecule has 2 saturated heterocycles. The number of likely N-dealkylation sites (tertiary alicyclic amines) is 2. The van der Waals surface area contributed by atoms with Gasteiger partial charge in [-0.1, -0.05) is 92.1 Å². The van der Waals surface area contributed by atoms with Crippen LogP contribution in [0.5, 0.6) is 0 Å². The highest BCUT2D eigenvalue weighted by atomic mass is 16.4. The predicted molar refractivity (Wildman–Crippen MR) is 282 cm³/mol. The summed E-state index contributed by atoms with van der Waals surface area (Å²) in [5, 5.41) is 36.9. The molecule has 75 heavy (non-hydrogen) atoms. The van der Waals surface area contributed by atoms with E-state index in [-0.39, 0.29) is 76.0 Å². The van der Waals surface area contributed by atoms with E-state index < -0.39 is 126 Å². The number of carbonyl (C=O) groups excluding carboxylic acids is 8. The highest BCUT2D eigenvalue weighted by Gasteiger charge is 2.45. The summed E-state index contributed by atoms with van der Waals surface area (Å²) < 4.78 is 0. The molecule has 8 amide bonds. The monoisotopic (exact) mass is 1050 g/mol.